The highest BCUT2D eigenvalue weighted by molar-refractivity contribution is 6.30. The van der Waals surface area contributed by atoms with Crippen LogP contribution >= 0.6 is 11.6 Å². The number of urea groups is 1. The quantitative estimate of drug-likeness (QED) is 0.390. The predicted molar refractivity (Wildman–Crippen MR) is 138 cm³/mol. The Labute approximate surface area is 208 Å². The Morgan fingerprint density at radius 1 is 1.06 bits per heavy atom. The molecule has 0 spiro atoms. The molecule has 2 aromatic heterocycles. The zero-order valence-electron chi connectivity index (χ0n) is 19.6. The molecule has 0 bridgehead atoms. The van der Waals surface area contributed by atoms with Gasteiger partial charge in [-0.1, -0.05) is 60.1 Å². The standard InChI is InChI=1S/C26H27ClN6O2/c1-2-8-21-29-24(22-23(31-35-25(22)30-21)18-9-4-3-5-10-18)32-13-7-14-33(16-15-32)26(34)28-20-12-6-11-19(27)17-20/h3-6,9-12,17H,2,7-8,13-16H2,1H3,(H,28,34). The lowest BCUT2D eigenvalue weighted by Gasteiger charge is -2.24. The van der Waals surface area contributed by atoms with Gasteiger partial charge in [0.2, 0.25) is 0 Å². The van der Waals surface area contributed by atoms with Crippen molar-refractivity contribution in [2.45, 2.75) is 26.2 Å². The summed E-state index contributed by atoms with van der Waals surface area (Å²) in [5.74, 6) is 1.56. The molecule has 9 heteroatoms. The molecule has 8 nitrogen and oxygen atoms in total. The first-order valence-corrected chi connectivity index (χ1v) is 12.3. The van der Waals surface area contributed by atoms with E-state index in [1.54, 1.807) is 12.1 Å². The Kier molecular flexibility index (Phi) is 6.81. The molecule has 0 atom stereocenters. The van der Waals surface area contributed by atoms with Crippen LogP contribution in [0.3, 0.4) is 0 Å². The second-order valence-electron chi connectivity index (χ2n) is 8.56. The molecule has 1 fully saturated rings. The molecule has 0 radical (unpaired) electrons. The maximum atomic E-state index is 12.9. The van der Waals surface area contributed by atoms with Gasteiger partial charge >= 0.3 is 6.03 Å². The number of hydrogen-bond donors (Lipinski definition) is 1. The van der Waals surface area contributed by atoms with Crippen molar-refractivity contribution in [2.75, 3.05) is 36.4 Å². The molecular weight excluding hydrogens is 464 g/mol. The largest absolute Gasteiger partial charge is 0.354 e. The second-order valence-corrected chi connectivity index (χ2v) is 9.00. The predicted octanol–water partition coefficient (Wildman–Crippen LogP) is 5.63. The van der Waals surface area contributed by atoms with Crippen molar-refractivity contribution in [2.24, 2.45) is 0 Å². The monoisotopic (exact) mass is 490 g/mol. The van der Waals surface area contributed by atoms with Crippen molar-refractivity contribution in [3.05, 3.63) is 65.4 Å². The summed E-state index contributed by atoms with van der Waals surface area (Å²) >= 11 is 6.06. The van der Waals surface area contributed by atoms with Crippen LogP contribution in [-0.4, -0.2) is 52.2 Å². The molecule has 1 saturated heterocycles. The molecule has 1 N–H and O–H groups in total. The van der Waals surface area contributed by atoms with Crippen molar-refractivity contribution < 1.29 is 9.32 Å². The van der Waals surface area contributed by atoms with Crippen LogP contribution in [0.5, 0.6) is 0 Å². The molecule has 0 saturated carbocycles. The molecule has 2 amide bonds. The van der Waals surface area contributed by atoms with Crippen LogP contribution in [0, 0.1) is 0 Å². The van der Waals surface area contributed by atoms with Crippen LogP contribution in [-0.2, 0) is 6.42 Å². The van der Waals surface area contributed by atoms with E-state index in [2.05, 4.69) is 27.3 Å². The van der Waals surface area contributed by atoms with Crippen LogP contribution in [0.4, 0.5) is 16.3 Å². The maximum absolute atomic E-state index is 12.9. The first kappa shape index (κ1) is 23.1. The lowest BCUT2D eigenvalue weighted by atomic mass is 10.1. The first-order valence-electron chi connectivity index (χ1n) is 11.9. The van der Waals surface area contributed by atoms with Gasteiger partial charge in [0.1, 0.15) is 22.7 Å². The minimum absolute atomic E-state index is 0.136. The molecule has 0 aliphatic carbocycles. The van der Waals surface area contributed by atoms with E-state index in [0.29, 0.717) is 36.1 Å². The van der Waals surface area contributed by atoms with Crippen LogP contribution in [0.15, 0.2) is 59.1 Å². The van der Waals surface area contributed by atoms with E-state index in [0.717, 1.165) is 54.1 Å². The van der Waals surface area contributed by atoms with Crippen LogP contribution in [0.25, 0.3) is 22.4 Å². The van der Waals surface area contributed by atoms with Crippen LogP contribution in [0.2, 0.25) is 5.02 Å². The number of aryl methyl sites for hydroxylation is 1. The van der Waals surface area contributed by atoms with Crippen LogP contribution in [0.1, 0.15) is 25.6 Å². The van der Waals surface area contributed by atoms with E-state index in [-0.39, 0.29) is 6.03 Å². The molecule has 3 heterocycles. The Balaban J connectivity index is 1.42. The zero-order chi connectivity index (χ0) is 24.2. The number of fused-ring (bicyclic) bond motifs is 1. The van der Waals surface area contributed by atoms with E-state index in [9.17, 15) is 4.79 Å². The zero-order valence-corrected chi connectivity index (χ0v) is 20.3. The van der Waals surface area contributed by atoms with E-state index >= 15 is 0 Å². The molecule has 5 rings (SSSR count). The molecule has 35 heavy (non-hydrogen) atoms. The number of aromatic nitrogens is 3. The van der Waals surface area contributed by atoms with Gasteiger partial charge in [0.25, 0.3) is 5.71 Å². The van der Waals surface area contributed by atoms with E-state index in [1.807, 2.05) is 47.4 Å². The van der Waals surface area contributed by atoms with Crippen molar-refractivity contribution in [1.82, 2.24) is 20.0 Å². The summed E-state index contributed by atoms with van der Waals surface area (Å²) in [5, 5.41) is 8.70. The van der Waals surface area contributed by atoms with Gasteiger partial charge in [0.15, 0.2) is 0 Å². The Hall–Kier alpha value is -3.65. The van der Waals surface area contributed by atoms with Crippen molar-refractivity contribution in [1.29, 1.82) is 0 Å². The number of carbonyl (C=O) groups excluding carboxylic acids is 1. The average Bonchev–Trinajstić information content (AvgIpc) is 3.13. The fourth-order valence-corrected chi connectivity index (χ4v) is 4.53. The third-order valence-electron chi connectivity index (χ3n) is 6.04. The Morgan fingerprint density at radius 2 is 1.91 bits per heavy atom. The lowest BCUT2D eigenvalue weighted by molar-refractivity contribution is 0.215. The molecule has 180 valence electrons. The van der Waals surface area contributed by atoms with Gasteiger partial charge in [-0.25, -0.2) is 9.78 Å². The fraction of sp³-hybridized carbons (Fsp3) is 0.308. The summed E-state index contributed by atoms with van der Waals surface area (Å²) in [4.78, 5) is 26.6. The Morgan fingerprint density at radius 3 is 2.71 bits per heavy atom. The Bertz CT molecular complexity index is 1330. The highest BCUT2D eigenvalue weighted by Gasteiger charge is 2.25. The topological polar surface area (TPSA) is 87.4 Å². The molecule has 0 unspecified atom stereocenters. The number of hydrogen-bond acceptors (Lipinski definition) is 6. The summed E-state index contributed by atoms with van der Waals surface area (Å²) in [6.07, 6.45) is 2.50. The number of halogens is 1. The molecule has 1 aliphatic heterocycles. The van der Waals surface area contributed by atoms with Gasteiger partial charge in [-0.15, -0.1) is 0 Å². The molecule has 4 aromatic rings. The summed E-state index contributed by atoms with van der Waals surface area (Å²) in [6.45, 7) is 4.71. The number of benzene rings is 2. The number of amides is 2. The number of nitrogens with one attached hydrogen (secondary N) is 1. The third-order valence-corrected chi connectivity index (χ3v) is 6.28. The minimum atomic E-state index is -0.136. The van der Waals surface area contributed by atoms with Gasteiger partial charge in [-0.05, 0) is 31.0 Å². The number of nitrogens with zero attached hydrogens (tertiary/aromatic N) is 5. The highest BCUT2D eigenvalue weighted by atomic mass is 35.5. The van der Waals surface area contributed by atoms with Gasteiger partial charge in [-0.2, -0.15) is 4.98 Å². The minimum Gasteiger partial charge on any atom is -0.354 e. The molecule has 1 aliphatic rings. The second kappa shape index (κ2) is 10.3. The van der Waals surface area contributed by atoms with E-state index in [1.165, 1.54) is 0 Å². The van der Waals surface area contributed by atoms with Crippen LogP contribution < -0.4 is 10.2 Å². The normalized spacial score (nSPS) is 14.2. The van der Waals surface area contributed by atoms with Gasteiger partial charge in [0, 0.05) is 48.9 Å². The smallest absolute Gasteiger partial charge is 0.321 e. The summed E-state index contributed by atoms with van der Waals surface area (Å²) in [5.41, 5.74) is 2.87. The van der Waals surface area contributed by atoms with Gasteiger partial charge in [-0.3, -0.25) is 0 Å². The highest BCUT2D eigenvalue weighted by Crippen LogP contribution is 2.34. The average molecular weight is 491 g/mol. The van der Waals surface area contributed by atoms with Crippen molar-refractivity contribution in [3.63, 3.8) is 0 Å². The SMILES string of the molecule is CCCc1nc(N2CCCN(C(=O)Nc3cccc(Cl)c3)CC2)c2c(-c3ccccc3)noc2n1. The van der Waals surface area contributed by atoms with Crippen molar-refractivity contribution >= 4 is 40.2 Å². The lowest BCUT2D eigenvalue weighted by Crippen LogP contribution is -2.38. The molecular formula is C26H27ClN6O2. The summed E-state index contributed by atoms with van der Waals surface area (Å²) in [6, 6.07) is 17.0. The van der Waals surface area contributed by atoms with E-state index < -0.39 is 0 Å². The number of rotatable bonds is 5. The first-order chi connectivity index (χ1) is 17.1. The number of carbonyl (C=O) groups is 1. The van der Waals surface area contributed by atoms with Gasteiger partial charge < -0.3 is 19.6 Å². The maximum Gasteiger partial charge on any atom is 0.321 e. The third kappa shape index (κ3) is 5.07. The number of anilines is 2. The van der Waals surface area contributed by atoms with E-state index in [4.69, 9.17) is 21.1 Å². The fourth-order valence-electron chi connectivity index (χ4n) is 4.34. The molecule has 2 aromatic carbocycles. The summed E-state index contributed by atoms with van der Waals surface area (Å²) in [7, 11) is 0. The van der Waals surface area contributed by atoms with Crippen molar-refractivity contribution in [3.8, 4) is 11.3 Å². The van der Waals surface area contributed by atoms with Gasteiger partial charge in [0.05, 0.1) is 0 Å². The summed E-state index contributed by atoms with van der Waals surface area (Å²) < 4.78 is 5.68.